The topological polar surface area (TPSA) is 174 Å². The Balaban J connectivity index is 1.68. The van der Waals surface area contributed by atoms with E-state index in [-0.39, 0.29) is 51.2 Å². The van der Waals surface area contributed by atoms with Crippen LogP contribution in [0.15, 0.2) is 104 Å². The second kappa shape index (κ2) is 11.3. The van der Waals surface area contributed by atoms with Crippen LogP contribution in [0.25, 0.3) is 0 Å². The Kier molecular flexibility index (Phi) is 7.33. The Hall–Kier alpha value is -6.10. The predicted octanol–water partition coefficient (Wildman–Crippen LogP) is 4.96. The first-order chi connectivity index (χ1) is 19.8. The highest BCUT2D eigenvalue weighted by molar-refractivity contribution is 6.03. The first-order valence-corrected chi connectivity index (χ1v) is 12.2. The molecule has 41 heavy (non-hydrogen) atoms. The van der Waals surface area contributed by atoms with Crippen LogP contribution < -0.4 is 25.8 Å². The number of hydrogen-bond donors (Lipinski definition) is 4. The maximum atomic E-state index is 13.5. The summed E-state index contributed by atoms with van der Waals surface area (Å²) in [6.07, 6.45) is 5.85. The second-order valence-electron chi connectivity index (χ2n) is 8.71. The number of phenolic OH excluding ortho intramolecular Hbond substituents is 2. The van der Waals surface area contributed by atoms with Gasteiger partial charge in [-0.3, -0.25) is 9.97 Å². The number of carbonyl (C=O) groups excluding carboxylic acids is 2. The van der Waals surface area contributed by atoms with Crippen molar-refractivity contribution in [2.45, 2.75) is 0 Å². The molecule has 0 aliphatic heterocycles. The summed E-state index contributed by atoms with van der Waals surface area (Å²) in [7, 11) is 0. The van der Waals surface area contributed by atoms with Gasteiger partial charge in [0.05, 0.1) is 40.6 Å². The Morgan fingerprint density at radius 3 is 1.71 bits per heavy atom. The maximum Gasteiger partial charge on any atom is 0.345 e. The molecule has 11 heteroatoms. The van der Waals surface area contributed by atoms with Crippen molar-refractivity contribution in [3.8, 4) is 23.0 Å². The number of carbonyl (C=O) groups is 2. The lowest BCUT2D eigenvalue weighted by molar-refractivity contribution is 0.0720. The van der Waals surface area contributed by atoms with Crippen molar-refractivity contribution in [3.63, 3.8) is 0 Å². The normalized spacial score (nSPS) is 10.5. The fourth-order valence-electron chi connectivity index (χ4n) is 3.93. The number of aromatic nitrogens is 2. The summed E-state index contributed by atoms with van der Waals surface area (Å²) < 4.78 is 11.0. The van der Waals surface area contributed by atoms with Crippen LogP contribution in [-0.2, 0) is 0 Å². The molecule has 0 aliphatic rings. The number of pyridine rings is 2. The number of nitrogens with two attached hydrogens (primary N) is 2. The van der Waals surface area contributed by atoms with Crippen molar-refractivity contribution in [1.82, 2.24) is 9.97 Å². The van der Waals surface area contributed by atoms with E-state index in [9.17, 15) is 19.8 Å². The molecule has 0 unspecified atom stereocenters. The maximum absolute atomic E-state index is 13.5. The molecule has 11 nitrogen and oxygen atoms in total. The molecule has 0 spiro atoms. The van der Waals surface area contributed by atoms with Crippen LogP contribution >= 0.6 is 0 Å². The van der Waals surface area contributed by atoms with Crippen LogP contribution in [0.2, 0.25) is 0 Å². The zero-order valence-electron chi connectivity index (χ0n) is 21.3. The number of benzene rings is 3. The van der Waals surface area contributed by atoms with E-state index in [0.29, 0.717) is 11.4 Å². The number of esters is 2. The fraction of sp³-hybridized carbons (Fsp3) is 0. The van der Waals surface area contributed by atoms with Crippen molar-refractivity contribution < 1.29 is 29.3 Å². The number of nitrogen functional groups attached to an aromatic ring is 2. The highest BCUT2D eigenvalue weighted by Gasteiger charge is 2.25. The molecule has 5 aromatic rings. The van der Waals surface area contributed by atoms with Crippen molar-refractivity contribution in [3.05, 3.63) is 115 Å². The summed E-state index contributed by atoms with van der Waals surface area (Å²) in [5, 5.41) is 20.8. The third-order valence-corrected chi connectivity index (χ3v) is 5.93. The van der Waals surface area contributed by atoms with Crippen molar-refractivity contribution >= 4 is 40.4 Å². The van der Waals surface area contributed by atoms with Crippen LogP contribution in [0.5, 0.6) is 23.0 Å². The highest BCUT2D eigenvalue weighted by Crippen LogP contribution is 2.41. The average molecular weight is 550 g/mol. The third kappa shape index (κ3) is 5.83. The molecule has 204 valence electrons. The van der Waals surface area contributed by atoms with Gasteiger partial charge < -0.3 is 36.1 Å². The monoisotopic (exact) mass is 549 g/mol. The van der Waals surface area contributed by atoms with Gasteiger partial charge in [0.2, 0.25) is 0 Å². The van der Waals surface area contributed by atoms with E-state index in [2.05, 4.69) is 9.97 Å². The number of phenols is 2. The van der Waals surface area contributed by atoms with Gasteiger partial charge in [-0.2, -0.15) is 0 Å². The first kappa shape index (κ1) is 26.5. The van der Waals surface area contributed by atoms with Gasteiger partial charge >= 0.3 is 11.9 Å². The first-order valence-electron chi connectivity index (χ1n) is 12.2. The van der Waals surface area contributed by atoms with Gasteiger partial charge in [-0.25, -0.2) is 9.59 Å². The average Bonchev–Trinajstić information content (AvgIpc) is 2.98. The Bertz CT molecular complexity index is 1680. The van der Waals surface area contributed by atoms with Gasteiger partial charge in [-0.05, 0) is 66.7 Å². The summed E-state index contributed by atoms with van der Waals surface area (Å²) >= 11 is 0. The summed E-state index contributed by atoms with van der Waals surface area (Å²) in [6.45, 7) is 0. The molecule has 0 fully saturated rings. The van der Waals surface area contributed by atoms with Gasteiger partial charge in [0, 0.05) is 35.9 Å². The number of hydrogen-bond acceptors (Lipinski definition) is 11. The molecule has 3 aromatic carbocycles. The molecule has 0 bridgehead atoms. The number of rotatable bonds is 7. The lowest BCUT2D eigenvalue weighted by Gasteiger charge is -2.28. The molecular formula is C30H23N5O6. The zero-order valence-corrected chi connectivity index (χ0v) is 21.3. The fourth-order valence-corrected chi connectivity index (χ4v) is 3.93. The highest BCUT2D eigenvalue weighted by atomic mass is 16.5. The van der Waals surface area contributed by atoms with Crippen LogP contribution in [-0.4, -0.2) is 32.1 Å². The minimum atomic E-state index is -0.760. The van der Waals surface area contributed by atoms with E-state index in [1.807, 2.05) is 0 Å². The van der Waals surface area contributed by atoms with Crippen LogP contribution in [0.3, 0.4) is 0 Å². The minimum absolute atomic E-state index is 0.0411. The molecule has 6 N–H and O–H groups in total. The lowest BCUT2D eigenvalue weighted by atomic mass is 10.1. The van der Waals surface area contributed by atoms with E-state index in [0.717, 1.165) is 0 Å². The summed E-state index contributed by atoms with van der Waals surface area (Å²) in [6, 6.07) is 19.5. The van der Waals surface area contributed by atoms with E-state index in [1.54, 1.807) is 42.6 Å². The van der Waals surface area contributed by atoms with Crippen molar-refractivity contribution in [2.24, 2.45) is 0 Å². The van der Waals surface area contributed by atoms with Crippen molar-refractivity contribution in [1.29, 1.82) is 0 Å². The molecular weight excluding hydrogens is 526 g/mol. The van der Waals surface area contributed by atoms with Crippen LogP contribution in [0.4, 0.5) is 28.4 Å². The van der Waals surface area contributed by atoms with Gasteiger partial charge in [0.15, 0.2) is 0 Å². The predicted molar refractivity (Wildman–Crippen MR) is 152 cm³/mol. The molecule has 0 saturated carbocycles. The van der Waals surface area contributed by atoms with Gasteiger partial charge in [-0.1, -0.05) is 0 Å². The van der Waals surface area contributed by atoms with E-state index < -0.39 is 11.9 Å². The van der Waals surface area contributed by atoms with E-state index in [1.165, 1.54) is 66.0 Å². The van der Waals surface area contributed by atoms with Gasteiger partial charge in [0.25, 0.3) is 0 Å². The Morgan fingerprint density at radius 2 is 1.22 bits per heavy atom. The SMILES string of the molecule is Nc1ccc(N(c2ccc(N)c(O)c2)c2cc(C(=O)Oc3cccnc3)ccc2C(=O)Oc2cccnc2)cc1O. The van der Waals surface area contributed by atoms with Crippen LogP contribution in [0, 0.1) is 0 Å². The quantitative estimate of drug-likeness (QED) is 0.123. The van der Waals surface area contributed by atoms with Gasteiger partial charge in [0.1, 0.15) is 23.0 Å². The molecule has 5 rings (SSSR count). The molecule has 0 saturated heterocycles. The minimum Gasteiger partial charge on any atom is -0.506 e. The Morgan fingerprint density at radius 1 is 0.683 bits per heavy atom. The molecule has 2 heterocycles. The summed E-state index contributed by atoms with van der Waals surface area (Å²) in [4.78, 5) is 36.0. The van der Waals surface area contributed by atoms with Crippen LogP contribution in [0.1, 0.15) is 20.7 Å². The molecule has 0 aliphatic carbocycles. The molecule has 0 amide bonds. The smallest absolute Gasteiger partial charge is 0.345 e. The standard InChI is InChI=1S/C30H23N5O6/c31-24-9-6-19(14-27(24)36)35(20-7-10-25(32)28(37)15-20)26-13-18(29(38)40-21-3-1-11-33-16-21)5-8-23(26)30(39)41-22-4-2-12-34-17-22/h1-17,36-37H,31-32H2. The number of nitrogens with zero attached hydrogens (tertiary/aromatic N) is 3. The molecule has 0 atom stereocenters. The van der Waals surface area contributed by atoms with E-state index in [4.69, 9.17) is 20.9 Å². The Labute approximate surface area is 233 Å². The third-order valence-electron chi connectivity index (χ3n) is 5.93. The lowest BCUT2D eigenvalue weighted by Crippen LogP contribution is -2.19. The second-order valence-corrected chi connectivity index (χ2v) is 8.71. The molecule has 0 radical (unpaired) electrons. The number of aromatic hydroxyl groups is 2. The molecule has 2 aromatic heterocycles. The van der Waals surface area contributed by atoms with E-state index >= 15 is 0 Å². The number of anilines is 5. The van der Waals surface area contributed by atoms with Gasteiger partial charge in [-0.15, -0.1) is 0 Å². The van der Waals surface area contributed by atoms with Crippen molar-refractivity contribution in [2.75, 3.05) is 16.4 Å². The largest absolute Gasteiger partial charge is 0.506 e. The number of ether oxygens (including phenoxy) is 2. The summed E-state index contributed by atoms with van der Waals surface area (Å²) in [5.41, 5.74) is 12.9. The zero-order chi connectivity index (χ0) is 28.9. The summed E-state index contributed by atoms with van der Waals surface area (Å²) in [5.74, 6) is -1.50.